The molecule has 0 aliphatic rings. The van der Waals surface area contributed by atoms with Gasteiger partial charge in [0, 0.05) is 15.7 Å². The van der Waals surface area contributed by atoms with E-state index in [4.69, 9.17) is 12.2 Å². The Morgan fingerprint density at radius 1 is 1.09 bits per heavy atom. The number of thiocarbonyl (C=S) groups is 1. The molecule has 0 saturated heterocycles. The highest BCUT2D eigenvalue weighted by Gasteiger charge is 2.30. The molecule has 1 amide bonds. The van der Waals surface area contributed by atoms with Gasteiger partial charge in [-0.2, -0.15) is 13.2 Å². The van der Waals surface area contributed by atoms with Crippen molar-refractivity contribution in [3.8, 4) is 0 Å². The number of rotatable bonds is 2. The first-order chi connectivity index (χ1) is 10.8. The van der Waals surface area contributed by atoms with Crippen molar-refractivity contribution in [3.63, 3.8) is 0 Å². The summed E-state index contributed by atoms with van der Waals surface area (Å²) in [6.45, 7) is 0. The molecule has 2 aromatic carbocycles. The van der Waals surface area contributed by atoms with E-state index in [1.807, 2.05) is 0 Å². The summed E-state index contributed by atoms with van der Waals surface area (Å²) in [6, 6.07) is 11.1. The van der Waals surface area contributed by atoms with Gasteiger partial charge in [0.25, 0.3) is 5.91 Å². The third kappa shape index (κ3) is 5.04. The summed E-state index contributed by atoms with van der Waals surface area (Å²) in [5, 5.41) is 4.88. The summed E-state index contributed by atoms with van der Waals surface area (Å²) in [5.74, 6) is -0.457. The van der Waals surface area contributed by atoms with Crippen molar-refractivity contribution in [2.24, 2.45) is 0 Å². The lowest BCUT2D eigenvalue weighted by molar-refractivity contribution is -0.137. The van der Waals surface area contributed by atoms with E-state index in [2.05, 4.69) is 26.6 Å². The molecule has 120 valence electrons. The van der Waals surface area contributed by atoms with Gasteiger partial charge in [-0.15, -0.1) is 0 Å². The van der Waals surface area contributed by atoms with E-state index in [1.165, 1.54) is 12.1 Å². The summed E-state index contributed by atoms with van der Waals surface area (Å²) in [6.07, 6.45) is -4.44. The van der Waals surface area contributed by atoms with Crippen LogP contribution in [0.15, 0.2) is 53.0 Å². The van der Waals surface area contributed by atoms with Crippen molar-refractivity contribution in [2.75, 3.05) is 5.32 Å². The number of carbonyl (C=O) groups excluding carboxylic acids is 1. The molecule has 0 fully saturated rings. The summed E-state index contributed by atoms with van der Waals surface area (Å²) in [5.41, 5.74) is -0.285. The molecule has 0 bridgehead atoms. The van der Waals surface area contributed by atoms with Crippen molar-refractivity contribution >= 4 is 44.9 Å². The maximum atomic E-state index is 12.6. The van der Waals surface area contributed by atoms with E-state index < -0.39 is 17.6 Å². The van der Waals surface area contributed by atoms with Gasteiger partial charge < -0.3 is 5.32 Å². The Balaban J connectivity index is 2.02. The van der Waals surface area contributed by atoms with E-state index in [0.717, 1.165) is 16.6 Å². The second-order valence-electron chi connectivity index (χ2n) is 4.49. The Kier molecular flexibility index (Phi) is 5.38. The molecule has 0 aromatic heterocycles. The lowest BCUT2D eigenvalue weighted by Crippen LogP contribution is -2.34. The molecule has 2 aromatic rings. The first kappa shape index (κ1) is 17.4. The van der Waals surface area contributed by atoms with Gasteiger partial charge in [0.2, 0.25) is 0 Å². The van der Waals surface area contributed by atoms with Gasteiger partial charge in [-0.25, -0.2) is 0 Å². The van der Waals surface area contributed by atoms with Crippen molar-refractivity contribution in [2.45, 2.75) is 6.18 Å². The fourth-order valence-corrected chi connectivity index (χ4v) is 2.19. The van der Waals surface area contributed by atoms with E-state index in [0.29, 0.717) is 5.56 Å². The maximum Gasteiger partial charge on any atom is 0.416 e. The van der Waals surface area contributed by atoms with Crippen LogP contribution in [-0.2, 0) is 6.18 Å². The predicted molar refractivity (Wildman–Crippen MR) is 89.3 cm³/mol. The minimum atomic E-state index is -4.44. The second-order valence-corrected chi connectivity index (χ2v) is 5.82. The highest BCUT2D eigenvalue weighted by atomic mass is 79.9. The van der Waals surface area contributed by atoms with Crippen LogP contribution >= 0.6 is 28.1 Å². The van der Waals surface area contributed by atoms with Crippen LogP contribution in [0.5, 0.6) is 0 Å². The number of carbonyl (C=O) groups is 1. The first-order valence-corrected chi connectivity index (χ1v) is 7.51. The molecule has 2 rings (SSSR count). The quantitative estimate of drug-likeness (QED) is 0.721. The minimum Gasteiger partial charge on any atom is -0.332 e. The third-order valence-corrected chi connectivity index (χ3v) is 3.51. The summed E-state index contributed by atoms with van der Waals surface area (Å²) >= 11 is 8.19. The van der Waals surface area contributed by atoms with Crippen LogP contribution in [-0.4, -0.2) is 11.0 Å². The number of anilines is 1. The molecule has 0 atom stereocenters. The lowest BCUT2D eigenvalue weighted by Gasteiger charge is -2.12. The maximum absolute atomic E-state index is 12.6. The lowest BCUT2D eigenvalue weighted by atomic mass is 10.2. The normalized spacial score (nSPS) is 11.0. The molecule has 23 heavy (non-hydrogen) atoms. The van der Waals surface area contributed by atoms with Gasteiger partial charge in [-0.3, -0.25) is 10.1 Å². The van der Waals surface area contributed by atoms with E-state index in [-0.39, 0.29) is 10.8 Å². The number of benzene rings is 2. The summed E-state index contributed by atoms with van der Waals surface area (Å²) < 4.78 is 38.7. The molecule has 2 N–H and O–H groups in total. The smallest absolute Gasteiger partial charge is 0.332 e. The van der Waals surface area contributed by atoms with Gasteiger partial charge in [-0.1, -0.05) is 22.0 Å². The highest BCUT2D eigenvalue weighted by Crippen LogP contribution is 2.30. The molecule has 0 saturated carbocycles. The molecular weight excluding hydrogens is 393 g/mol. The van der Waals surface area contributed by atoms with Crippen molar-refractivity contribution in [3.05, 3.63) is 64.1 Å². The molecule has 8 heteroatoms. The number of amides is 1. The fraction of sp³-hybridized carbons (Fsp3) is 0.0667. The number of nitrogens with one attached hydrogen (secondary N) is 2. The number of alkyl halides is 3. The number of hydrogen-bond donors (Lipinski definition) is 2. The molecule has 0 aliphatic heterocycles. The van der Waals surface area contributed by atoms with Gasteiger partial charge in [0.15, 0.2) is 5.11 Å². The van der Waals surface area contributed by atoms with Gasteiger partial charge in [0.1, 0.15) is 0 Å². The molecule has 0 heterocycles. The zero-order valence-electron chi connectivity index (χ0n) is 11.4. The Morgan fingerprint density at radius 3 is 2.35 bits per heavy atom. The fourth-order valence-electron chi connectivity index (χ4n) is 1.71. The molecular formula is C15H10BrF3N2OS. The second kappa shape index (κ2) is 7.10. The molecule has 0 aliphatic carbocycles. The number of hydrogen-bond acceptors (Lipinski definition) is 2. The van der Waals surface area contributed by atoms with Crippen LogP contribution in [0, 0.1) is 0 Å². The average Bonchev–Trinajstić information content (AvgIpc) is 2.47. The third-order valence-electron chi connectivity index (χ3n) is 2.78. The van der Waals surface area contributed by atoms with Crippen LogP contribution in [0.2, 0.25) is 0 Å². The van der Waals surface area contributed by atoms with Gasteiger partial charge >= 0.3 is 6.18 Å². The number of halogens is 4. The minimum absolute atomic E-state index is 0.0859. The van der Waals surface area contributed by atoms with Crippen molar-refractivity contribution in [1.29, 1.82) is 0 Å². The van der Waals surface area contributed by atoms with Crippen LogP contribution in [0.25, 0.3) is 0 Å². The largest absolute Gasteiger partial charge is 0.416 e. The SMILES string of the molecule is O=C(NC(=S)Nc1cccc(C(F)(F)F)c1)c1ccc(Br)cc1. The summed E-state index contributed by atoms with van der Waals surface area (Å²) in [7, 11) is 0. The van der Waals surface area contributed by atoms with Gasteiger partial charge in [0.05, 0.1) is 5.56 Å². The monoisotopic (exact) mass is 402 g/mol. The average molecular weight is 403 g/mol. The van der Waals surface area contributed by atoms with E-state index >= 15 is 0 Å². The molecule has 0 unspecified atom stereocenters. The topological polar surface area (TPSA) is 41.1 Å². The Bertz CT molecular complexity index is 732. The summed E-state index contributed by atoms with van der Waals surface area (Å²) in [4.78, 5) is 11.9. The molecule has 3 nitrogen and oxygen atoms in total. The first-order valence-electron chi connectivity index (χ1n) is 6.31. The predicted octanol–water partition coefficient (Wildman–Crippen LogP) is 4.59. The standard InChI is InChI=1S/C15H10BrF3N2OS/c16-11-6-4-9(5-7-11)13(22)21-14(23)20-12-3-1-2-10(8-12)15(17,18)19/h1-8H,(H2,20,21,22,23). The Hall–Kier alpha value is -1.93. The van der Waals surface area contributed by atoms with Gasteiger partial charge in [-0.05, 0) is 54.7 Å². The van der Waals surface area contributed by atoms with Crippen LogP contribution in [0.3, 0.4) is 0 Å². The van der Waals surface area contributed by atoms with Crippen molar-refractivity contribution in [1.82, 2.24) is 5.32 Å². The van der Waals surface area contributed by atoms with Crippen LogP contribution in [0.1, 0.15) is 15.9 Å². The molecule has 0 spiro atoms. The zero-order valence-corrected chi connectivity index (χ0v) is 13.8. The van der Waals surface area contributed by atoms with Crippen LogP contribution < -0.4 is 10.6 Å². The zero-order chi connectivity index (χ0) is 17.0. The van der Waals surface area contributed by atoms with E-state index in [9.17, 15) is 18.0 Å². The van der Waals surface area contributed by atoms with Crippen LogP contribution in [0.4, 0.5) is 18.9 Å². The highest BCUT2D eigenvalue weighted by molar-refractivity contribution is 9.10. The van der Waals surface area contributed by atoms with Crippen molar-refractivity contribution < 1.29 is 18.0 Å². The molecule has 0 radical (unpaired) electrons. The van der Waals surface area contributed by atoms with E-state index in [1.54, 1.807) is 24.3 Å². The Labute approximate surface area is 144 Å². The Morgan fingerprint density at radius 2 is 1.74 bits per heavy atom.